The van der Waals surface area contributed by atoms with Gasteiger partial charge in [0, 0.05) is 29.9 Å². The van der Waals surface area contributed by atoms with Gasteiger partial charge in [-0.25, -0.2) is 0 Å². The molecule has 0 saturated carbocycles. The number of carbonyl (C=O) groups excluding carboxylic acids is 1. The average molecular weight is 561 g/mol. The maximum Gasteiger partial charge on any atom is 0.226 e. The zero-order valence-corrected chi connectivity index (χ0v) is 25.8. The van der Waals surface area contributed by atoms with Crippen LogP contribution in [0.1, 0.15) is 72.6 Å². The van der Waals surface area contributed by atoms with Crippen LogP contribution in [-0.2, 0) is 33.6 Å². The Kier molecular flexibility index (Phi) is 13.2. The Labute approximate surface area is 238 Å². The van der Waals surface area contributed by atoms with Crippen molar-refractivity contribution in [2.24, 2.45) is 5.41 Å². The summed E-state index contributed by atoms with van der Waals surface area (Å²) >= 11 is 0. The molecule has 1 aromatic heterocycles. The number of aromatic nitrogens is 3. The Balaban J connectivity index is 1.62. The van der Waals surface area contributed by atoms with Gasteiger partial charge in [0.05, 0.1) is 44.4 Å². The van der Waals surface area contributed by atoms with E-state index in [2.05, 4.69) is 76.2 Å². The van der Waals surface area contributed by atoms with Gasteiger partial charge >= 0.3 is 0 Å². The second-order valence-electron chi connectivity index (χ2n) is 12.0. The molecule has 1 amide bonds. The monoisotopic (exact) mass is 560 g/mol. The second-order valence-corrected chi connectivity index (χ2v) is 14.5. The molecule has 0 aliphatic heterocycles. The summed E-state index contributed by atoms with van der Waals surface area (Å²) in [5.41, 5.74) is 1.41. The van der Waals surface area contributed by atoms with Gasteiger partial charge in [-0.2, -0.15) is 0 Å². The van der Waals surface area contributed by atoms with E-state index in [-0.39, 0.29) is 28.9 Å². The van der Waals surface area contributed by atoms with Crippen LogP contribution in [0.2, 0.25) is 0 Å². The average Bonchev–Trinajstić information content (AvgIpc) is 3.28. The summed E-state index contributed by atoms with van der Waals surface area (Å²) in [6, 6.07) is 8.22. The number of ether oxygens (including phenoxy) is 2. The number of amides is 1. The van der Waals surface area contributed by atoms with Crippen molar-refractivity contribution in [2.75, 3.05) is 25.5 Å². The molecular formula is C28H45BN4O3S2. The van der Waals surface area contributed by atoms with Crippen molar-refractivity contribution in [1.29, 1.82) is 0 Å². The molecule has 0 atom stereocenters. The van der Waals surface area contributed by atoms with E-state index < -0.39 is 0 Å². The van der Waals surface area contributed by atoms with Crippen LogP contribution in [0.5, 0.6) is 0 Å². The van der Waals surface area contributed by atoms with Crippen LogP contribution in [0.15, 0.2) is 35.4 Å². The summed E-state index contributed by atoms with van der Waals surface area (Å²) in [7, 11) is 9.04. The van der Waals surface area contributed by atoms with Crippen molar-refractivity contribution in [3.63, 3.8) is 0 Å². The summed E-state index contributed by atoms with van der Waals surface area (Å²) in [6.45, 7) is 17.6. The van der Waals surface area contributed by atoms with Crippen LogP contribution in [0.25, 0.3) is 0 Å². The largest absolute Gasteiger partial charge is 0.375 e. The van der Waals surface area contributed by atoms with E-state index in [1.165, 1.54) is 4.90 Å². The van der Waals surface area contributed by atoms with Gasteiger partial charge in [0.2, 0.25) is 5.91 Å². The maximum absolute atomic E-state index is 12.3. The van der Waals surface area contributed by atoms with Gasteiger partial charge in [0.15, 0.2) is 0 Å². The van der Waals surface area contributed by atoms with Crippen LogP contribution in [0, 0.1) is 5.41 Å². The maximum atomic E-state index is 12.3. The first kappa shape index (κ1) is 32.7. The van der Waals surface area contributed by atoms with Gasteiger partial charge in [-0.1, -0.05) is 71.6 Å². The van der Waals surface area contributed by atoms with Crippen LogP contribution in [0.4, 0.5) is 0 Å². The van der Waals surface area contributed by atoms with Crippen LogP contribution < -0.4 is 5.32 Å². The highest BCUT2D eigenvalue weighted by Crippen LogP contribution is 2.30. The predicted octanol–water partition coefficient (Wildman–Crippen LogP) is 5.46. The second kappa shape index (κ2) is 15.3. The lowest BCUT2D eigenvalue weighted by Crippen LogP contribution is -2.33. The number of aryl methyl sites for hydroxylation is 1. The van der Waals surface area contributed by atoms with Gasteiger partial charge in [0.1, 0.15) is 0 Å². The van der Waals surface area contributed by atoms with E-state index in [1.807, 2.05) is 18.3 Å². The third-order valence-electron chi connectivity index (χ3n) is 5.79. The summed E-state index contributed by atoms with van der Waals surface area (Å²) < 4.78 is 14.1. The van der Waals surface area contributed by atoms with Gasteiger partial charge in [-0.05, 0) is 58.1 Å². The molecule has 210 valence electrons. The predicted molar refractivity (Wildman–Crippen MR) is 160 cm³/mol. The zero-order chi connectivity index (χ0) is 28.2. The molecule has 0 fully saturated rings. The van der Waals surface area contributed by atoms with E-state index in [9.17, 15) is 4.79 Å². The normalized spacial score (nSPS) is 12.6. The number of benzene rings is 1. The molecule has 1 heterocycles. The molecule has 7 nitrogen and oxygen atoms in total. The molecule has 0 bridgehead atoms. The number of hydrogen-bond acceptors (Lipinski definition) is 7. The highest BCUT2D eigenvalue weighted by Gasteiger charge is 2.25. The third-order valence-corrected chi connectivity index (χ3v) is 8.17. The Bertz CT molecular complexity index is 975. The highest BCUT2D eigenvalue weighted by molar-refractivity contribution is 8.76. The lowest BCUT2D eigenvalue weighted by molar-refractivity contribution is -0.120. The summed E-state index contributed by atoms with van der Waals surface area (Å²) in [4.78, 5) is 13.5. The lowest BCUT2D eigenvalue weighted by Gasteiger charge is -2.32. The first-order chi connectivity index (χ1) is 17.8. The molecule has 0 saturated heterocycles. The third kappa shape index (κ3) is 14.1. The fraction of sp³-hybridized carbons (Fsp3) is 0.679. The fourth-order valence-electron chi connectivity index (χ4n) is 3.29. The summed E-state index contributed by atoms with van der Waals surface area (Å²) in [5.74, 6) is 0.770. The SMILES string of the molecule is [B]Cc1ccc(SSCCNC(=O)Cc2cn(CCC(C)(C)OCCC(C)(C)OCC(C)(C)C)nn2)cc1. The molecular weight excluding hydrogens is 515 g/mol. The van der Waals surface area contributed by atoms with Crippen molar-refractivity contribution < 1.29 is 14.3 Å². The van der Waals surface area contributed by atoms with Crippen molar-refractivity contribution >= 4 is 35.3 Å². The molecule has 10 heteroatoms. The molecule has 2 radical (unpaired) electrons. The molecule has 0 aliphatic rings. The number of rotatable bonds is 17. The van der Waals surface area contributed by atoms with Gasteiger partial charge < -0.3 is 14.8 Å². The lowest BCUT2D eigenvalue weighted by atomic mass is 9.97. The highest BCUT2D eigenvalue weighted by atomic mass is 33.1. The summed E-state index contributed by atoms with van der Waals surface area (Å²) in [5, 5.41) is 11.3. The quantitative estimate of drug-likeness (QED) is 0.156. The van der Waals surface area contributed by atoms with Crippen molar-refractivity contribution in [3.8, 4) is 0 Å². The molecule has 38 heavy (non-hydrogen) atoms. The van der Waals surface area contributed by atoms with Gasteiger partial charge in [0.25, 0.3) is 0 Å². The van der Waals surface area contributed by atoms with Crippen LogP contribution in [0.3, 0.4) is 0 Å². The Morgan fingerprint density at radius 2 is 1.71 bits per heavy atom. The Morgan fingerprint density at radius 1 is 1.03 bits per heavy atom. The summed E-state index contributed by atoms with van der Waals surface area (Å²) in [6.07, 6.45) is 4.23. The minimum atomic E-state index is -0.300. The standard InChI is InChI=1S/C28H45BN4O3S2/c1-26(2,3)21-36-28(6,7)13-16-35-27(4,5)12-15-33-20-23(31-32-33)18-25(34)30-14-17-37-38-24-10-8-22(19-29)9-11-24/h8-11,20H,12-19,21H2,1-7H3,(H,30,34). The molecule has 1 aromatic carbocycles. The van der Waals surface area contributed by atoms with E-state index in [4.69, 9.17) is 17.3 Å². The van der Waals surface area contributed by atoms with Gasteiger partial charge in [-0.15, -0.1) is 5.10 Å². The topological polar surface area (TPSA) is 78.3 Å². The number of hydrogen-bond donors (Lipinski definition) is 1. The van der Waals surface area contributed by atoms with Crippen LogP contribution >= 0.6 is 21.6 Å². The van der Waals surface area contributed by atoms with Crippen molar-refractivity contribution in [2.45, 2.75) is 96.7 Å². The molecule has 1 N–H and O–H groups in total. The molecule has 2 aromatic rings. The molecule has 2 rings (SSSR count). The smallest absolute Gasteiger partial charge is 0.226 e. The first-order valence-electron chi connectivity index (χ1n) is 13.3. The van der Waals surface area contributed by atoms with Gasteiger partial charge in [-0.3, -0.25) is 9.48 Å². The number of carbonyl (C=O) groups is 1. The van der Waals surface area contributed by atoms with E-state index >= 15 is 0 Å². The Morgan fingerprint density at radius 3 is 2.37 bits per heavy atom. The van der Waals surface area contributed by atoms with Crippen molar-refractivity contribution in [1.82, 2.24) is 20.3 Å². The number of nitrogens with zero attached hydrogens (tertiary/aromatic N) is 3. The first-order valence-corrected chi connectivity index (χ1v) is 15.6. The van der Waals surface area contributed by atoms with E-state index in [0.29, 0.717) is 31.7 Å². The number of nitrogens with one attached hydrogen (secondary N) is 1. The minimum absolute atomic E-state index is 0.0464. The van der Waals surface area contributed by atoms with E-state index in [0.717, 1.165) is 30.8 Å². The van der Waals surface area contributed by atoms with Crippen LogP contribution in [-0.4, -0.2) is 65.5 Å². The minimum Gasteiger partial charge on any atom is -0.375 e. The fourth-order valence-corrected chi connectivity index (χ4v) is 5.19. The molecule has 0 aliphatic carbocycles. The van der Waals surface area contributed by atoms with E-state index in [1.54, 1.807) is 26.3 Å². The Hall–Kier alpha value is -1.49. The zero-order valence-electron chi connectivity index (χ0n) is 24.2. The van der Waals surface area contributed by atoms with Crippen molar-refractivity contribution in [3.05, 3.63) is 41.7 Å². The molecule has 0 spiro atoms. The molecule has 0 unspecified atom stereocenters.